The van der Waals surface area contributed by atoms with Crippen LogP contribution in [0.2, 0.25) is 39.3 Å². The first-order chi connectivity index (χ1) is 4.15. The predicted octanol–water partition coefficient (Wildman–Crippen LogP) is 3.11. The minimum atomic E-state index is -1.24. The number of rotatable bonds is 2. The maximum absolute atomic E-state index is 6.19. The fraction of sp³-hybridized carbons (Fsp3) is 1.00. The molecule has 0 saturated heterocycles. The molecule has 0 aliphatic heterocycles. The second kappa shape index (κ2) is 2.97. The number of hydrogen-bond acceptors (Lipinski definition) is 1. The summed E-state index contributed by atoms with van der Waals surface area (Å²) in [4.78, 5) is 0. The second-order valence-electron chi connectivity index (χ2n) is 4.62. The Labute approximate surface area is 71.7 Å². The third kappa shape index (κ3) is 3.19. The fourth-order valence-electron chi connectivity index (χ4n) is 1.01. The lowest BCUT2D eigenvalue weighted by molar-refractivity contribution is 0.976. The standard InChI is InChI=1S/C6H18ClNSi2/c1-9(2,3)8(7)10(4,5)6/h1-6H3. The number of halogens is 1. The van der Waals surface area contributed by atoms with E-state index in [0.29, 0.717) is 0 Å². The molecule has 0 unspecified atom stereocenters. The van der Waals surface area contributed by atoms with Gasteiger partial charge in [-0.2, -0.15) is 0 Å². The normalized spacial score (nSPS) is 14.4. The van der Waals surface area contributed by atoms with E-state index < -0.39 is 16.5 Å². The lowest BCUT2D eigenvalue weighted by Gasteiger charge is -2.36. The Morgan fingerprint density at radius 2 is 1.00 bits per heavy atom. The lowest BCUT2D eigenvalue weighted by Crippen LogP contribution is -2.53. The Kier molecular flexibility index (Phi) is 3.17. The van der Waals surface area contributed by atoms with E-state index in [1.165, 1.54) is 0 Å². The molecule has 0 aromatic carbocycles. The average molecular weight is 196 g/mol. The SMILES string of the molecule is C[Si](C)(C)N(Cl)[Si](C)(C)C. The number of hydrogen-bond donors (Lipinski definition) is 0. The zero-order valence-corrected chi connectivity index (χ0v) is 10.6. The molecular weight excluding hydrogens is 178 g/mol. The molecular formula is C6H18ClNSi2. The van der Waals surface area contributed by atoms with E-state index in [0.717, 1.165) is 0 Å². The van der Waals surface area contributed by atoms with Crippen LogP contribution in [0.25, 0.3) is 0 Å². The van der Waals surface area contributed by atoms with Gasteiger partial charge < -0.3 is 0 Å². The Bertz CT molecular complexity index is 99.9. The number of nitrogens with zero attached hydrogens (tertiary/aromatic N) is 1. The fourth-order valence-corrected chi connectivity index (χ4v) is 9.06. The summed E-state index contributed by atoms with van der Waals surface area (Å²) in [6.45, 7) is 13.7. The summed E-state index contributed by atoms with van der Waals surface area (Å²) < 4.78 is 2.12. The van der Waals surface area contributed by atoms with Gasteiger partial charge in [-0.25, -0.2) is 0 Å². The van der Waals surface area contributed by atoms with Crippen LogP contribution in [0.1, 0.15) is 0 Å². The molecule has 0 radical (unpaired) electrons. The molecule has 0 aromatic heterocycles. The highest BCUT2D eigenvalue weighted by Gasteiger charge is 2.32. The lowest BCUT2D eigenvalue weighted by atomic mass is 11.8. The van der Waals surface area contributed by atoms with E-state index in [4.69, 9.17) is 11.8 Å². The van der Waals surface area contributed by atoms with Crippen LogP contribution >= 0.6 is 11.8 Å². The van der Waals surface area contributed by atoms with Crippen LogP contribution in [0.15, 0.2) is 0 Å². The molecule has 0 rings (SSSR count). The van der Waals surface area contributed by atoms with Crippen LogP contribution in [0, 0.1) is 0 Å². The smallest absolute Gasteiger partial charge is 0.129 e. The molecule has 0 aliphatic carbocycles. The van der Waals surface area contributed by atoms with E-state index in [2.05, 4.69) is 43.0 Å². The minimum absolute atomic E-state index is 1.24. The van der Waals surface area contributed by atoms with E-state index in [9.17, 15) is 0 Å². The third-order valence-electron chi connectivity index (χ3n) is 1.18. The largest absolute Gasteiger partial charge is 0.264 e. The van der Waals surface area contributed by atoms with E-state index in [1.54, 1.807) is 0 Å². The molecule has 0 spiro atoms. The molecule has 0 atom stereocenters. The highest BCUT2D eigenvalue weighted by molar-refractivity contribution is 6.94. The Morgan fingerprint density at radius 3 is 1.00 bits per heavy atom. The van der Waals surface area contributed by atoms with Crippen LogP contribution in [0.4, 0.5) is 0 Å². The van der Waals surface area contributed by atoms with Crippen molar-refractivity contribution < 1.29 is 0 Å². The van der Waals surface area contributed by atoms with E-state index in [1.807, 2.05) is 0 Å². The van der Waals surface area contributed by atoms with Crippen LogP contribution in [0.3, 0.4) is 0 Å². The molecule has 4 heteroatoms. The Morgan fingerprint density at radius 1 is 0.800 bits per heavy atom. The van der Waals surface area contributed by atoms with Gasteiger partial charge in [0.25, 0.3) is 0 Å². The van der Waals surface area contributed by atoms with Gasteiger partial charge in [-0.1, -0.05) is 39.3 Å². The maximum atomic E-state index is 6.19. The summed E-state index contributed by atoms with van der Waals surface area (Å²) in [5, 5.41) is 0. The molecule has 0 heterocycles. The van der Waals surface area contributed by atoms with Crippen LogP contribution in [-0.4, -0.2) is 20.2 Å². The highest BCUT2D eigenvalue weighted by Crippen LogP contribution is 2.21. The molecule has 62 valence electrons. The first-order valence-electron chi connectivity index (χ1n) is 3.62. The molecule has 1 nitrogen and oxygen atoms in total. The van der Waals surface area contributed by atoms with Crippen LogP contribution in [0.5, 0.6) is 0 Å². The molecule has 0 bridgehead atoms. The van der Waals surface area contributed by atoms with Crippen molar-refractivity contribution in [3.63, 3.8) is 0 Å². The van der Waals surface area contributed by atoms with Crippen molar-refractivity contribution in [3.05, 3.63) is 0 Å². The van der Waals surface area contributed by atoms with Gasteiger partial charge in [0.05, 0.1) is 0 Å². The van der Waals surface area contributed by atoms with Crippen molar-refractivity contribution >= 4 is 28.2 Å². The Hall–Kier alpha value is 0.684. The summed E-state index contributed by atoms with van der Waals surface area (Å²) in [7, 11) is -2.47. The first-order valence-corrected chi connectivity index (χ1v) is 10.8. The molecule has 0 saturated carbocycles. The van der Waals surface area contributed by atoms with Gasteiger partial charge in [-0.05, 0) is 11.8 Å². The first kappa shape index (κ1) is 10.7. The van der Waals surface area contributed by atoms with Crippen molar-refractivity contribution in [2.24, 2.45) is 0 Å². The van der Waals surface area contributed by atoms with Gasteiger partial charge in [-0.15, -0.1) is 0 Å². The van der Waals surface area contributed by atoms with Crippen LogP contribution in [-0.2, 0) is 0 Å². The van der Waals surface area contributed by atoms with Crippen molar-refractivity contribution in [1.82, 2.24) is 3.75 Å². The molecule has 0 N–H and O–H groups in total. The molecule has 0 fully saturated rings. The van der Waals surface area contributed by atoms with E-state index in [-0.39, 0.29) is 0 Å². The van der Waals surface area contributed by atoms with Gasteiger partial charge in [0.15, 0.2) is 0 Å². The zero-order chi connectivity index (χ0) is 8.58. The minimum Gasteiger partial charge on any atom is -0.264 e. The summed E-state index contributed by atoms with van der Waals surface area (Å²) in [6, 6.07) is 0. The van der Waals surface area contributed by atoms with Crippen LogP contribution < -0.4 is 0 Å². The monoisotopic (exact) mass is 195 g/mol. The van der Waals surface area contributed by atoms with Crippen molar-refractivity contribution in [3.8, 4) is 0 Å². The summed E-state index contributed by atoms with van der Waals surface area (Å²) in [5.41, 5.74) is 0. The predicted molar refractivity (Wildman–Crippen MR) is 54.4 cm³/mol. The van der Waals surface area contributed by atoms with Crippen molar-refractivity contribution in [1.29, 1.82) is 0 Å². The van der Waals surface area contributed by atoms with Gasteiger partial charge in [0.2, 0.25) is 0 Å². The topological polar surface area (TPSA) is 3.24 Å². The Balaban J connectivity index is 4.23. The van der Waals surface area contributed by atoms with Gasteiger partial charge >= 0.3 is 0 Å². The van der Waals surface area contributed by atoms with Crippen molar-refractivity contribution in [2.45, 2.75) is 39.3 Å². The average Bonchev–Trinajstić information content (AvgIpc) is 1.59. The zero-order valence-electron chi connectivity index (χ0n) is 7.83. The molecule has 10 heavy (non-hydrogen) atoms. The maximum Gasteiger partial charge on any atom is 0.129 e. The van der Waals surface area contributed by atoms with Gasteiger partial charge in [0, 0.05) is 0 Å². The van der Waals surface area contributed by atoms with Crippen molar-refractivity contribution in [2.75, 3.05) is 0 Å². The summed E-state index contributed by atoms with van der Waals surface area (Å²) >= 11 is 6.19. The highest BCUT2D eigenvalue weighted by atomic mass is 35.5. The molecule has 0 amide bonds. The quantitative estimate of drug-likeness (QED) is 0.484. The summed E-state index contributed by atoms with van der Waals surface area (Å²) in [6.07, 6.45) is 0. The second-order valence-corrected chi connectivity index (χ2v) is 15.6. The third-order valence-corrected chi connectivity index (χ3v) is 10.6. The van der Waals surface area contributed by atoms with Gasteiger partial charge in [-0.3, -0.25) is 3.75 Å². The van der Waals surface area contributed by atoms with E-state index >= 15 is 0 Å². The summed E-state index contributed by atoms with van der Waals surface area (Å²) in [5.74, 6) is 0. The van der Waals surface area contributed by atoms with Gasteiger partial charge in [0.1, 0.15) is 16.5 Å². The molecule has 0 aromatic rings. The molecule has 0 aliphatic rings.